The molecule has 0 radical (unpaired) electrons. The van der Waals surface area contributed by atoms with E-state index < -0.39 is 5.97 Å². The van der Waals surface area contributed by atoms with Crippen LogP contribution in [0.25, 0.3) is 0 Å². The highest BCUT2D eigenvalue weighted by Crippen LogP contribution is 2.17. The van der Waals surface area contributed by atoms with Crippen molar-refractivity contribution in [1.29, 1.82) is 0 Å². The lowest BCUT2D eigenvalue weighted by Crippen LogP contribution is -2.11. The molecule has 0 spiro atoms. The maximum Gasteiger partial charge on any atom is 0.330 e. The fraction of sp³-hybridized carbons (Fsp3) is 0.238. The summed E-state index contributed by atoms with van der Waals surface area (Å²) in [5.74, 6) is 0.154. The highest BCUT2D eigenvalue weighted by molar-refractivity contribution is 9.10. The lowest BCUT2D eigenvalue weighted by molar-refractivity contribution is -0.137. The van der Waals surface area contributed by atoms with E-state index in [4.69, 9.17) is 9.47 Å². The predicted molar refractivity (Wildman–Crippen MR) is 109 cm³/mol. The average molecular weight is 432 g/mol. The normalized spacial score (nSPS) is 10.1. The standard InChI is InChI=1S/C21H22BrNO4/c1-2-20(24)27-15-5-3-4-14-26-19-12-6-16(7-13-19)21(25)23-18-10-8-17(22)9-11-18/h2,6-13H,1,3-5,14-15H2,(H,23,25). The fourth-order valence-electron chi connectivity index (χ4n) is 2.24. The number of nitrogens with one attached hydrogen (secondary N) is 1. The van der Waals surface area contributed by atoms with Crippen molar-refractivity contribution in [2.24, 2.45) is 0 Å². The van der Waals surface area contributed by atoms with E-state index in [0.29, 0.717) is 24.5 Å². The third kappa shape index (κ3) is 7.66. The van der Waals surface area contributed by atoms with Gasteiger partial charge < -0.3 is 14.8 Å². The molecule has 0 aliphatic heterocycles. The summed E-state index contributed by atoms with van der Waals surface area (Å²) >= 11 is 3.36. The molecule has 1 amide bonds. The Morgan fingerprint density at radius 3 is 2.30 bits per heavy atom. The number of rotatable bonds is 10. The minimum Gasteiger partial charge on any atom is -0.494 e. The number of amides is 1. The summed E-state index contributed by atoms with van der Waals surface area (Å²) in [6.07, 6.45) is 3.71. The molecule has 0 saturated carbocycles. The first-order chi connectivity index (χ1) is 13.1. The van der Waals surface area contributed by atoms with Gasteiger partial charge in [-0.2, -0.15) is 0 Å². The van der Waals surface area contributed by atoms with E-state index in [1.165, 1.54) is 0 Å². The molecule has 0 unspecified atom stereocenters. The number of carbonyl (C=O) groups excluding carboxylic acids is 2. The first kappa shape index (κ1) is 20.7. The van der Waals surface area contributed by atoms with Crippen LogP contribution < -0.4 is 10.1 Å². The van der Waals surface area contributed by atoms with Crippen molar-refractivity contribution in [1.82, 2.24) is 0 Å². The number of unbranched alkanes of at least 4 members (excludes halogenated alkanes) is 2. The summed E-state index contributed by atoms with van der Waals surface area (Å²) in [5.41, 5.74) is 1.30. The van der Waals surface area contributed by atoms with Gasteiger partial charge in [0.25, 0.3) is 5.91 Å². The number of anilines is 1. The lowest BCUT2D eigenvalue weighted by atomic mass is 10.2. The second-order valence-electron chi connectivity index (χ2n) is 5.77. The zero-order chi connectivity index (χ0) is 19.5. The van der Waals surface area contributed by atoms with Crippen LogP contribution in [0.5, 0.6) is 5.75 Å². The van der Waals surface area contributed by atoms with Gasteiger partial charge in [-0.15, -0.1) is 0 Å². The van der Waals surface area contributed by atoms with Gasteiger partial charge in [0.1, 0.15) is 5.75 Å². The monoisotopic (exact) mass is 431 g/mol. The molecule has 0 aromatic heterocycles. The topological polar surface area (TPSA) is 64.6 Å². The van der Waals surface area contributed by atoms with Crippen molar-refractivity contribution >= 4 is 33.5 Å². The number of esters is 1. The van der Waals surface area contributed by atoms with E-state index in [2.05, 4.69) is 27.8 Å². The highest BCUT2D eigenvalue weighted by Gasteiger charge is 2.06. The van der Waals surface area contributed by atoms with E-state index in [-0.39, 0.29) is 5.91 Å². The molecule has 1 N–H and O–H groups in total. The van der Waals surface area contributed by atoms with E-state index >= 15 is 0 Å². The third-order valence-corrected chi connectivity index (χ3v) is 4.22. The molecule has 5 nitrogen and oxygen atoms in total. The van der Waals surface area contributed by atoms with E-state index in [0.717, 1.165) is 35.5 Å². The van der Waals surface area contributed by atoms with Crippen LogP contribution in [0.15, 0.2) is 65.7 Å². The largest absolute Gasteiger partial charge is 0.494 e. The molecule has 27 heavy (non-hydrogen) atoms. The number of ether oxygens (including phenoxy) is 2. The molecule has 0 fully saturated rings. The van der Waals surface area contributed by atoms with Gasteiger partial charge in [0, 0.05) is 21.8 Å². The Morgan fingerprint density at radius 1 is 0.963 bits per heavy atom. The number of benzene rings is 2. The van der Waals surface area contributed by atoms with Crippen molar-refractivity contribution in [3.8, 4) is 5.75 Å². The van der Waals surface area contributed by atoms with Crippen LogP contribution in [0.3, 0.4) is 0 Å². The summed E-state index contributed by atoms with van der Waals surface area (Å²) < 4.78 is 11.5. The molecular weight excluding hydrogens is 410 g/mol. The van der Waals surface area contributed by atoms with Gasteiger partial charge >= 0.3 is 5.97 Å². The molecule has 0 aliphatic rings. The van der Waals surface area contributed by atoms with Gasteiger partial charge in [-0.05, 0) is 67.8 Å². The summed E-state index contributed by atoms with van der Waals surface area (Å²) in [6.45, 7) is 4.31. The first-order valence-electron chi connectivity index (χ1n) is 8.67. The number of halogens is 1. The predicted octanol–water partition coefficient (Wildman–Crippen LogP) is 4.98. The van der Waals surface area contributed by atoms with Crippen LogP contribution in [-0.2, 0) is 9.53 Å². The molecule has 2 aromatic carbocycles. The lowest BCUT2D eigenvalue weighted by Gasteiger charge is -2.08. The van der Waals surface area contributed by atoms with Crippen LogP contribution >= 0.6 is 15.9 Å². The summed E-state index contributed by atoms with van der Waals surface area (Å²) in [4.78, 5) is 23.1. The van der Waals surface area contributed by atoms with Crippen LogP contribution in [0.2, 0.25) is 0 Å². The smallest absolute Gasteiger partial charge is 0.330 e. The summed E-state index contributed by atoms with van der Waals surface area (Å²) in [5, 5.41) is 2.85. The maximum atomic E-state index is 12.2. The maximum absolute atomic E-state index is 12.2. The first-order valence-corrected chi connectivity index (χ1v) is 9.47. The SMILES string of the molecule is C=CC(=O)OCCCCCOc1ccc(C(=O)Nc2ccc(Br)cc2)cc1. The molecule has 6 heteroatoms. The van der Waals surface area contributed by atoms with Crippen molar-refractivity contribution in [3.63, 3.8) is 0 Å². The molecule has 2 aromatic rings. The van der Waals surface area contributed by atoms with Gasteiger partial charge in [-0.1, -0.05) is 22.5 Å². The number of hydrogen-bond acceptors (Lipinski definition) is 4. The van der Waals surface area contributed by atoms with Gasteiger partial charge in [-0.25, -0.2) is 4.79 Å². The van der Waals surface area contributed by atoms with E-state index in [1.807, 2.05) is 24.3 Å². The minimum atomic E-state index is -0.393. The summed E-state index contributed by atoms with van der Waals surface area (Å²) in [7, 11) is 0. The Bertz CT molecular complexity index is 757. The highest BCUT2D eigenvalue weighted by atomic mass is 79.9. The molecule has 0 bridgehead atoms. The Hall–Kier alpha value is -2.60. The zero-order valence-electron chi connectivity index (χ0n) is 14.9. The second-order valence-corrected chi connectivity index (χ2v) is 6.68. The molecule has 0 saturated heterocycles. The zero-order valence-corrected chi connectivity index (χ0v) is 16.5. The van der Waals surface area contributed by atoms with Crippen LogP contribution in [0, 0.1) is 0 Å². The fourth-order valence-corrected chi connectivity index (χ4v) is 2.51. The van der Waals surface area contributed by atoms with Crippen LogP contribution in [-0.4, -0.2) is 25.1 Å². The van der Waals surface area contributed by atoms with Crippen LogP contribution in [0.4, 0.5) is 5.69 Å². The molecule has 142 valence electrons. The summed E-state index contributed by atoms with van der Waals surface area (Å²) in [6, 6.07) is 14.4. The van der Waals surface area contributed by atoms with Crippen molar-refractivity contribution in [2.45, 2.75) is 19.3 Å². The molecule has 2 rings (SSSR count). The Kier molecular flexibility index (Phi) is 8.58. The van der Waals surface area contributed by atoms with Crippen LogP contribution in [0.1, 0.15) is 29.6 Å². The molecule has 0 aliphatic carbocycles. The van der Waals surface area contributed by atoms with E-state index in [9.17, 15) is 9.59 Å². The van der Waals surface area contributed by atoms with Crippen molar-refractivity contribution in [2.75, 3.05) is 18.5 Å². The Balaban J connectivity index is 1.68. The molecule has 0 atom stereocenters. The van der Waals surface area contributed by atoms with Gasteiger partial charge in [0.15, 0.2) is 0 Å². The molecule has 0 heterocycles. The van der Waals surface area contributed by atoms with Gasteiger partial charge in [0.2, 0.25) is 0 Å². The van der Waals surface area contributed by atoms with Gasteiger partial charge in [0.05, 0.1) is 13.2 Å². The Labute approximate surface area is 167 Å². The quantitative estimate of drug-likeness (QED) is 0.327. The van der Waals surface area contributed by atoms with Crippen molar-refractivity contribution in [3.05, 3.63) is 71.2 Å². The second kappa shape index (κ2) is 11.2. The average Bonchev–Trinajstić information content (AvgIpc) is 2.69. The third-order valence-electron chi connectivity index (χ3n) is 3.69. The minimum absolute atomic E-state index is 0.169. The Morgan fingerprint density at radius 2 is 1.63 bits per heavy atom. The number of hydrogen-bond donors (Lipinski definition) is 1. The number of carbonyl (C=O) groups is 2. The van der Waals surface area contributed by atoms with Crippen molar-refractivity contribution < 1.29 is 19.1 Å². The molecular formula is C21H22BrNO4. The van der Waals surface area contributed by atoms with E-state index in [1.54, 1.807) is 24.3 Å². The van der Waals surface area contributed by atoms with Gasteiger partial charge in [-0.3, -0.25) is 4.79 Å².